The minimum Gasteiger partial charge on any atom is -0.654 e. The molecular weight excluding hydrogens is 318 g/mol. The third kappa shape index (κ3) is 2.85. The second kappa shape index (κ2) is 6.41. The molecule has 0 bridgehead atoms. The first-order chi connectivity index (χ1) is 12.2. The number of rotatable bonds is 4. The van der Waals surface area contributed by atoms with Gasteiger partial charge < -0.3 is 19.9 Å². The number of hydrogen-bond donors (Lipinski definition) is 1. The van der Waals surface area contributed by atoms with Gasteiger partial charge in [-0.05, 0) is 35.6 Å². The van der Waals surface area contributed by atoms with Crippen molar-refractivity contribution in [1.29, 1.82) is 0 Å². The van der Waals surface area contributed by atoms with E-state index in [1.807, 2.05) is 30.3 Å². The molecule has 0 aromatic heterocycles. The Morgan fingerprint density at radius 3 is 2.56 bits per heavy atom. The third-order valence-electron chi connectivity index (χ3n) is 5.11. The van der Waals surface area contributed by atoms with Gasteiger partial charge in [-0.3, -0.25) is 4.79 Å². The van der Waals surface area contributed by atoms with Crippen molar-refractivity contribution in [2.75, 3.05) is 13.3 Å². The average molecular weight is 338 g/mol. The van der Waals surface area contributed by atoms with Crippen LogP contribution in [-0.2, 0) is 11.2 Å². The van der Waals surface area contributed by atoms with Crippen molar-refractivity contribution in [3.8, 4) is 11.5 Å². The van der Waals surface area contributed by atoms with Gasteiger partial charge in [-0.2, -0.15) is 0 Å². The van der Waals surface area contributed by atoms with Crippen LogP contribution in [0.2, 0.25) is 0 Å². The predicted molar refractivity (Wildman–Crippen MR) is 93.2 cm³/mol. The van der Waals surface area contributed by atoms with Crippen molar-refractivity contribution in [3.05, 3.63) is 64.5 Å². The minimum absolute atomic E-state index is 0.164. The lowest BCUT2D eigenvalue weighted by Crippen LogP contribution is -2.23. The van der Waals surface area contributed by atoms with Crippen LogP contribution in [0.1, 0.15) is 35.6 Å². The van der Waals surface area contributed by atoms with E-state index in [-0.39, 0.29) is 18.8 Å². The highest BCUT2D eigenvalue weighted by atomic mass is 16.7. The summed E-state index contributed by atoms with van der Waals surface area (Å²) < 4.78 is 10.8. The van der Waals surface area contributed by atoms with Crippen LogP contribution >= 0.6 is 0 Å². The molecule has 0 amide bonds. The van der Waals surface area contributed by atoms with Gasteiger partial charge in [0.1, 0.15) is 0 Å². The summed E-state index contributed by atoms with van der Waals surface area (Å²) in [5.41, 5.74) is 3.14. The largest absolute Gasteiger partial charge is 0.654 e. The third-order valence-corrected chi connectivity index (χ3v) is 5.11. The fourth-order valence-electron chi connectivity index (χ4n) is 3.70. The number of nitrogens with zero attached hydrogens (tertiary/aromatic N) is 1. The van der Waals surface area contributed by atoms with Gasteiger partial charge >= 0.3 is 5.97 Å². The number of fused-ring (bicyclic) bond motifs is 1. The maximum absolute atomic E-state index is 12.0. The normalized spacial score (nSPS) is 24.4. The zero-order valence-electron chi connectivity index (χ0n) is 14.0. The molecule has 2 aromatic carbocycles. The number of aryl methyl sites for hydroxylation is 1. The number of aliphatic carboxylic acids is 1. The molecule has 0 spiro atoms. The number of benzene rings is 2. The maximum atomic E-state index is 12.0. The van der Waals surface area contributed by atoms with E-state index in [1.165, 1.54) is 5.56 Å². The molecule has 0 saturated carbocycles. The quantitative estimate of drug-likeness (QED) is 0.918. The van der Waals surface area contributed by atoms with Gasteiger partial charge in [-0.15, -0.1) is 6.54 Å². The zero-order valence-corrected chi connectivity index (χ0v) is 14.0. The summed E-state index contributed by atoms with van der Waals surface area (Å²) >= 11 is 0. The SMILES string of the molecule is CCc1ccc(C2[N-]CC(c3ccc4c(c3)OCO4)C2C(=O)O)cc1. The Bertz CT molecular complexity index is 787. The lowest BCUT2D eigenvalue weighted by molar-refractivity contribution is -0.142. The van der Waals surface area contributed by atoms with Crippen molar-refractivity contribution >= 4 is 5.97 Å². The van der Waals surface area contributed by atoms with Crippen molar-refractivity contribution in [3.63, 3.8) is 0 Å². The summed E-state index contributed by atoms with van der Waals surface area (Å²) in [6.45, 7) is 2.81. The Morgan fingerprint density at radius 2 is 1.84 bits per heavy atom. The Labute approximate surface area is 146 Å². The van der Waals surface area contributed by atoms with E-state index in [0.29, 0.717) is 18.0 Å². The number of carbonyl (C=O) groups is 1. The van der Waals surface area contributed by atoms with Crippen LogP contribution in [0.3, 0.4) is 0 Å². The van der Waals surface area contributed by atoms with Gasteiger partial charge in [0.15, 0.2) is 11.5 Å². The molecule has 130 valence electrons. The van der Waals surface area contributed by atoms with Crippen LogP contribution in [0, 0.1) is 5.92 Å². The molecular formula is C20H20NO4-. The summed E-state index contributed by atoms with van der Waals surface area (Å²) in [5.74, 6) is -0.168. The van der Waals surface area contributed by atoms with E-state index in [9.17, 15) is 9.90 Å². The van der Waals surface area contributed by atoms with E-state index < -0.39 is 11.9 Å². The molecule has 2 aromatic rings. The Hall–Kier alpha value is -2.53. The molecule has 3 unspecified atom stereocenters. The van der Waals surface area contributed by atoms with Gasteiger partial charge in [0.05, 0.1) is 0 Å². The van der Waals surface area contributed by atoms with Crippen molar-refractivity contribution in [2.45, 2.75) is 25.3 Å². The van der Waals surface area contributed by atoms with E-state index in [0.717, 1.165) is 17.5 Å². The van der Waals surface area contributed by atoms with E-state index in [1.54, 1.807) is 0 Å². The van der Waals surface area contributed by atoms with Crippen LogP contribution in [0.5, 0.6) is 11.5 Å². The molecule has 5 heteroatoms. The molecule has 2 heterocycles. The smallest absolute Gasteiger partial charge is 0.305 e. The molecule has 1 N–H and O–H groups in total. The molecule has 4 rings (SSSR count). The van der Waals surface area contributed by atoms with Gasteiger partial charge in [0.2, 0.25) is 6.79 Å². The summed E-state index contributed by atoms with van der Waals surface area (Å²) in [7, 11) is 0. The molecule has 1 saturated heterocycles. The first kappa shape index (κ1) is 16.0. The van der Waals surface area contributed by atoms with Gasteiger partial charge in [0.25, 0.3) is 0 Å². The second-order valence-electron chi connectivity index (χ2n) is 6.49. The molecule has 0 radical (unpaired) electrons. The Balaban J connectivity index is 1.64. The van der Waals surface area contributed by atoms with E-state index >= 15 is 0 Å². The highest BCUT2D eigenvalue weighted by molar-refractivity contribution is 5.75. The zero-order chi connectivity index (χ0) is 17.4. The molecule has 2 aliphatic rings. The number of carboxylic acids is 1. The summed E-state index contributed by atoms with van der Waals surface area (Å²) in [6, 6.07) is 13.5. The number of carboxylic acid groups (broad SMARTS) is 1. The summed E-state index contributed by atoms with van der Waals surface area (Å²) in [6.07, 6.45) is 0.963. The first-order valence-electron chi connectivity index (χ1n) is 8.55. The van der Waals surface area contributed by atoms with Gasteiger partial charge in [-0.25, -0.2) is 0 Å². The Morgan fingerprint density at radius 1 is 1.12 bits per heavy atom. The molecule has 2 aliphatic heterocycles. The monoisotopic (exact) mass is 338 g/mol. The van der Waals surface area contributed by atoms with Crippen molar-refractivity contribution in [1.82, 2.24) is 0 Å². The fraction of sp³-hybridized carbons (Fsp3) is 0.350. The highest BCUT2D eigenvalue weighted by Crippen LogP contribution is 2.48. The molecule has 5 nitrogen and oxygen atoms in total. The average Bonchev–Trinajstić information content (AvgIpc) is 3.27. The van der Waals surface area contributed by atoms with Gasteiger partial charge in [-0.1, -0.05) is 48.9 Å². The fourth-order valence-corrected chi connectivity index (χ4v) is 3.70. The van der Waals surface area contributed by atoms with E-state index in [2.05, 4.69) is 24.4 Å². The van der Waals surface area contributed by atoms with Crippen LogP contribution in [-0.4, -0.2) is 24.4 Å². The first-order valence-corrected chi connectivity index (χ1v) is 8.55. The minimum atomic E-state index is -0.812. The lowest BCUT2D eigenvalue weighted by atomic mass is 9.82. The van der Waals surface area contributed by atoms with Crippen LogP contribution < -0.4 is 9.47 Å². The summed E-state index contributed by atoms with van der Waals surface area (Å²) in [4.78, 5) is 12.0. The van der Waals surface area contributed by atoms with Crippen molar-refractivity contribution in [2.24, 2.45) is 5.92 Å². The second-order valence-corrected chi connectivity index (χ2v) is 6.49. The molecule has 1 fully saturated rings. The molecule has 25 heavy (non-hydrogen) atoms. The van der Waals surface area contributed by atoms with Crippen LogP contribution in [0.15, 0.2) is 42.5 Å². The Kier molecular flexibility index (Phi) is 4.09. The molecule has 0 aliphatic carbocycles. The number of ether oxygens (including phenoxy) is 2. The predicted octanol–water partition coefficient (Wildman–Crippen LogP) is 3.89. The lowest BCUT2D eigenvalue weighted by Gasteiger charge is -2.28. The highest BCUT2D eigenvalue weighted by Gasteiger charge is 2.36. The van der Waals surface area contributed by atoms with Crippen LogP contribution in [0.4, 0.5) is 0 Å². The maximum Gasteiger partial charge on any atom is 0.305 e. The topological polar surface area (TPSA) is 69.9 Å². The standard InChI is InChI=1S/C20H20NO4/c1-2-12-3-5-13(6-4-12)19-18(20(22)23)15(10-21-19)14-7-8-16-17(9-14)25-11-24-16/h3-9,15,18-19H,2,10-11H2,1H3,(H,22,23)/q-1. The van der Waals surface area contributed by atoms with Crippen LogP contribution in [0.25, 0.3) is 5.32 Å². The van der Waals surface area contributed by atoms with Crippen molar-refractivity contribution < 1.29 is 19.4 Å². The number of hydrogen-bond acceptors (Lipinski definition) is 3. The summed E-state index contributed by atoms with van der Waals surface area (Å²) in [5, 5.41) is 14.5. The van der Waals surface area contributed by atoms with Gasteiger partial charge in [0, 0.05) is 5.92 Å². The molecule has 3 atom stereocenters. The van der Waals surface area contributed by atoms with E-state index in [4.69, 9.17) is 9.47 Å².